The fraction of sp³-hybridized carbons (Fsp3) is 0.261. The van der Waals surface area contributed by atoms with Gasteiger partial charge in [-0.2, -0.15) is 26.7 Å². The zero-order chi connectivity index (χ0) is 30.8. The molecule has 41 heavy (non-hydrogen) atoms. The molecule has 2 atom stereocenters. The highest BCUT2D eigenvalue weighted by Crippen LogP contribution is 2.33. The van der Waals surface area contributed by atoms with Crippen molar-refractivity contribution in [2.24, 2.45) is 0 Å². The van der Waals surface area contributed by atoms with Gasteiger partial charge in [-0.15, -0.1) is 0 Å². The molecule has 3 rings (SSSR count). The SMILES string of the molecule is Cc1ccc(-c2cc(C(F)(F)F)nn2-c2ccc(S(=O)(=O)NC(=O)C(O)C(O)C(=O)NCCS(=O)(=O)O)cc2)cc1. The van der Waals surface area contributed by atoms with Gasteiger partial charge < -0.3 is 15.5 Å². The van der Waals surface area contributed by atoms with Crippen molar-refractivity contribution in [3.63, 3.8) is 0 Å². The number of hydrogen-bond acceptors (Lipinski definition) is 9. The number of aromatic nitrogens is 2. The summed E-state index contributed by atoms with van der Waals surface area (Å²) in [7, 11) is -9.16. The van der Waals surface area contributed by atoms with Crippen LogP contribution in [0.25, 0.3) is 16.9 Å². The molecule has 13 nitrogen and oxygen atoms in total. The number of nitrogens with zero attached hydrogens (tertiary/aromatic N) is 2. The predicted molar refractivity (Wildman–Crippen MR) is 136 cm³/mol. The zero-order valence-electron chi connectivity index (χ0n) is 20.9. The van der Waals surface area contributed by atoms with E-state index in [-0.39, 0.29) is 11.4 Å². The molecule has 0 saturated carbocycles. The Hall–Kier alpha value is -3.84. The van der Waals surface area contributed by atoms with E-state index in [9.17, 15) is 49.8 Å². The maximum Gasteiger partial charge on any atom is 0.435 e. The number of rotatable bonds is 10. The average molecular weight is 621 g/mol. The van der Waals surface area contributed by atoms with Gasteiger partial charge in [-0.1, -0.05) is 29.8 Å². The second kappa shape index (κ2) is 12.0. The summed E-state index contributed by atoms with van der Waals surface area (Å²) in [5.74, 6) is -4.07. The predicted octanol–water partition coefficient (Wildman–Crippen LogP) is 0.397. The van der Waals surface area contributed by atoms with Crippen LogP contribution < -0.4 is 10.0 Å². The number of amides is 2. The van der Waals surface area contributed by atoms with Gasteiger partial charge >= 0.3 is 6.18 Å². The highest BCUT2D eigenvalue weighted by molar-refractivity contribution is 7.90. The van der Waals surface area contributed by atoms with Crippen molar-refractivity contribution in [1.82, 2.24) is 19.8 Å². The van der Waals surface area contributed by atoms with Crippen LogP contribution in [0.3, 0.4) is 0 Å². The second-order valence-electron chi connectivity index (χ2n) is 8.62. The quantitative estimate of drug-likeness (QED) is 0.197. The first-order valence-electron chi connectivity index (χ1n) is 11.4. The Kier molecular flexibility index (Phi) is 9.24. The van der Waals surface area contributed by atoms with Gasteiger partial charge in [-0.05, 0) is 37.3 Å². The monoisotopic (exact) mass is 620 g/mol. The molecule has 2 aromatic carbocycles. The Morgan fingerprint density at radius 1 is 0.951 bits per heavy atom. The summed E-state index contributed by atoms with van der Waals surface area (Å²) in [5, 5.41) is 25.1. The molecular weight excluding hydrogens is 597 g/mol. The summed E-state index contributed by atoms with van der Waals surface area (Å²) in [6.45, 7) is 1.11. The molecule has 0 aliphatic rings. The minimum atomic E-state index is -4.77. The van der Waals surface area contributed by atoms with Crippen LogP contribution in [0.1, 0.15) is 11.3 Å². The molecule has 18 heteroatoms. The van der Waals surface area contributed by atoms with Crippen LogP contribution in [0, 0.1) is 6.92 Å². The van der Waals surface area contributed by atoms with Gasteiger partial charge in [0.15, 0.2) is 17.9 Å². The van der Waals surface area contributed by atoms with Crippen LogP contribution in [-0.2, 0) is 35.9 Å². The van der Waals surface area contributed by atoms with Gasteiger partial charge in [-0.3, -0.25) is 14.1 Å². The number of sulfonamides is 1. The minimum absolute atomic E-state index is 0.0402. The van der Waals surface area contributed by atoms with Crippen LogP contribution in [0.2, 0.25) is 0 Å². The van der Waals surface area contributed by atoms with E-state index < -0.39 is 73.2 Å². The fourth-order valence-electron chi connectivity index (χ4n) is 3.36. The molecule has 0 aliphatic carbocycles. The number of carbonyl (C=O) groups is 2. The van der Waals surface area contributed by atoms with Crippen LogP contribution in [0.5, 0.6) is 0 Å². The smallest absolute Gasteiger partial charge is 0.380 e. The number of alkyl halides is 3. The van der Waals surface area contributed by atoms with E-state index >= 15 is 0 Å². The lowest BCUT2D eigenvalue weighted by atomic mass is 10.1. The van der Waals surface area contributed by atoms with Gasteiger partial charge in [0.05, 0.1) is 22.0 Å². The number of nitrogens with one attached hydrogen (secondary N) is 2. The number of halogens is 3. The summed E-state index contributed by atoms with van der Waals surface area (Å²) in [5.41, 5.74) is 0.179. The molecule has 0 radical (unpaired) electrons. The Labute approximate surface area is 231 Å². The number of benzene rings is 2. The third-order valence-electron chi connectivity index (χ3n) is 5.47. The van der Waals surface area contributed by atoms with Crippen molar-refractivity contribution in [3.05, 3.63) is 65.9 Å². The van der Waals surface area contributed by atoms with E-state index in [1.807, 2.05) is 5.32 Å². The van der Waals surface area contributed by atoms with Gasteiger partial charge in [0.25, 0.3) is 32.0 Å². The van der Waals surface area contributed by atoms with E-state index in [0.717, 1.165) is 40.6 Å². The highest BCUT2D eigenvalue weighted by Gasteiger charge is 2.36. The van der Waals surface area contributed by atoms with Gasteiger partial charge in [0.1, 0.15) is 0 Å². The summed E-state index contributed by atoms with van der Waals surface area (Å²) in [4.78, 5) is 23.4. The van der Waals surface area contributed by atoms with E-state index in [4.69, 9.17) is 4.55 Å². The summed E-state index contributed by atoms with van der Waals surface area (Å²) in [6, 6.07) is 11.5. The van der Waals surface area contributed by atoms with E-state index in [2.05, 4.69) is 5.10 Å². The summed E-state index contributed by atoms with van der Waals surface area (Å²) >= 11 is 0. The normalized spacial score (nSPS) is 13.8. The van der Waals surface area contributed by atoms with Crippen molar-refractivity contribution in [2.45, 2.75) is 30.2 Å². The molecule has 2 amide bonds. The van der Waals surface area contributed by atoms with Crippen LogP contribution in [0.15, 0.2) is 59.5 Å². The standard InChI is InChI=1S/C23H23F3N4O9S2/c1-13-2-4-14(5-3-13)17-12-18(23(24,25)26)28-30(17)15-6-8-16(9-7-15)41(38,39)29-22(34)20(32)19(31)21(33)27-10-11-40(35,36)37/h2-9,12,19-20,31-32H,10-11H2,1H3,(H,27,33)(H,29,34)(H,35,36,37). The van der Waals surface area contributed by atoms with Crippen molar-refractivity contribution in [3.8, 4) is 16.9 Å². The van der Waals surface area contributed by atoms with Gasteiger partial charge in [-0.25, -0.2) is 17.8 Å². The Morgan fingerprint density at radius 3 is 2.05 bits per heavy atom. The first-order valence-corrected chi connectivity index (χ1v) is 14.5. The number of aliphatic hydroxyl groups excluding tert-OH is 2. The van der Waals surface area contributed by atoms with Crippen molar-refractivity contribution in [1.29, 1.82) is 0 Å². The van der Waals surface area contributed by atoms with Crippen molar-refractivity contribution >= 4 is 32.0 Å². The third kappa shape index (κ3) is 8.10. The van der Waals surface area contributed by atoms with Crippen molar-refractivity contribution < 1.29 is 54.4 Å². The average Bonchev–Trinajstić information content (AvgIpc) is 3.33. The van der Waals surface area contributed by atoms with E-state index in [1.54, 1.807) is 31.2 Å². The van der Waals surface area contributed by atoms with Crippen LogP contribution in [-0.4, -0.2) is 77.7 Å². The van der Waals surface area contributed by atoms with E-state index in [1.165, 1.54) is 4.72 Å². The largest absolute Gasteiger partial charge is 0.435 e. The fourth-order valence-corrected chi connectivity index (χ4v) is 4.72. The highest BCUT2D eigenvalue weighted by atomic mass is 32.2. The Morgan fingerprint density at radius 2 is 1.51 bits per heavy atom. The molecule has 1 aromatic heterocycles. The summed E-state index contributed by atoms with van der Waals surface area (Å²) < 4.78 is 97.8. The number of aryl methyl sites for hydroxylation is 1. The molecule has 222 valence electrons. The lowest BCUT2D eigenvalue weighted by Crippen LogP contribution is -2.51. The molecule has 5 N–H and O–H groups in total. The van der Waals surface area contributed by atoms with Crippen LogP contribution in [0.4, 0.5) is 13.2 Å². The summed E-state index contributed by atoms with van der Waals surface area (Å²) in [6.07, 6.45) is -9.87. The topological polar surface area (TPSA) is 205 Å². The Bertz CT molecular complexity index is 1640. The number of hydrogen-bond donors (Lipinski definition) is 5. The first kappa shape index (κ1) is 31.7. The van der Waals surface area contributed by atoms with Gasteiger partial charge in [0.2, 0.25) is 0 Å². The maximum atomic E-state index is 13.4. The Balaban J connectivity index is 1.79. The molecule has 3 aromatic rings. The lowest BCUT2D eigenvalue weighted by Gasteiger charge is -2.17. The molecule has 0 fully saturated rings. The lowest BCUT2D eigenvalue weighted by molar-refractivity contribution is -0.144. The number of carbonyl (C=O) groups excluding carboxylic acids is 2. The minimum Gasteiger partial charge on any atom is -0.380 e. The molecule has 0 spiro atoms. The molecule has 2 unspecified atom stereocenters. The first-order chi connectivity index (χ1) is 18.9. The van der Waals surface area contributed by atoms with Crippen LogP contribution >= 0.6 is 0 Å². The van der Waals surface area contributed by atoms with Crippen molar-refractivity contribution in [2.75, 3.05) is 12.3 Å². The molecule has 0 aliphatic heterocycles. The second-order valence-corrected chi connectivity index (χ2v) is 11.9. The van der Waals surface area contributed by atoms with Gasteiger partial charge in [0, 0.05) is 12.1 Å². The molecular formula is C23H23F3N4O9S2. The zero-order valence-corrected chi connectivity index (χ0v) is 22.5. The number of aliphatic hydroxyl groups is 2. The molecule has 0 saturated heterocycles. The third-order valence-corrected chi connectivity index (χ3v) is 7.55. The molecule has 1 heterocycles. The maximum absolute atomic E-state index is 13.4. The van der Waals surface area contributed by atoms with E-state index in [0.29, 0.717) is 5.56 Å². The molecule has 0 bridgehead atoms.